The van der Waals surface area contributed by atoms with Gasteiger partial charge in [-0.05, 0) is 31.0 Å². The number of hydrogen-bond donors (Lipinski definition) is 2. The Morgan fingerprint density at radius 1 is 1.08 bits per heavy atom. The number of halogens is 3. The van der Waals surface area contributed by atoms with Crippen LogP contribution in [-0.4, -0.2) is 80.9 Å². The zero-order valence-corrected chi connectivity index (χ0v) is 21.2. The third-order valence-corrected chi connectivity index (χ3v) is 8.74. The third-order valence-electron chi connectivity index (χ3n) is 5.31. The number of nitrogens with zero attached hydrogens (tertiary/aromatic N) is 4. The average Bonchev–Trinajstić information content (AvgIpc) is 3.07. The molecule has 1 aromatic carbocycles. The van der Waals surface area contributed by atoms with Crippen molar-refractivity contribution in [2.75, 3.05) is 45.6 Å². The van der Waals surface area contributed by atoms with E-state index in [1.54, 1.807) is 6.92 Å². The Kier molecular flexibility index (Phi) is 7.99. The first-order valence-electron chi connectivity index (χ1n) is 10.5. The van der Waals surface area contributed by atoms with Gasteiger partial charge in [0.15, 0.2) is 5.69 Å². The molecule has 0 unspecified atom stereocenters. The van der Waals surface area contributed by atoms with Crippen LogP contribution in [0, 0.1) is 6.92 Å². The van der Waals surface area contributed by atoms with Crippen molar-refractivity contribution < 1.29 is 39.2 Å². The van der Waals surface area contributed by atoms with E-state index >= 15 is 0 Å². The molecule has 3 rings (SSSR count). The Bertz CT molecular complexity index is 1330. The summed E-state index contributed by atoms with van der Waals surface area (Å²) >= 11 is 0. The number of carbonyl (C=O) groups excluding carboxylic acids is 1. The molecule has 2 heterocycles. The van der Waals surface area contributed by atoms with Crippen LogP contribution in [0.15, 0.2) is 28.9 Å². The number of aromatic nitrogens is 1. The molecule has 1 aliphatic rings. The number of anilines is 2. The van der Waals surface area contributed by atoms with E-state index in [1.165, 1.54) is 20.2 Å². The lowest BCUT2D eigenvalue weighted by atomic mass is 10.1. The van der Waals surface area contributed by atoms with Gasteiger partial charge < -0.3 is 9.73 Å². The highest BCUT2D eigenvalue weighted by Crippen LogP contribution is 2.33. The second kappa shape index (κ2) is 10.3. The highest BCUT2D eigenvalue weighted by molar-refractivity contribution is 7.87. The van der Waals surface area contributed by atoms with E-state index < -0.39 is 43.8 Å². The molecule has 2 N–H and O–H groups in total. The van der Waals surface area contributed by atoms with Crippen molar-refractivity contribution in [2.45, 2.75) is 19.5 Å². The van der Waals surface area contributed by atoms with E-state index in [0.29, 0.717) is 5.56 Å². The SMILES string of the molecule is Cc1ccc(C(F)(F)F)cc1Nc1nc(C(=O)NS(=O)(=O)N2CCCN(S(=O)(=O)N(C)C)CC2)co1. The van der Waals surface area contributed by atoms with Crippen molar-refractivity contribution in [1.82, 2.24) is 22.6 Å². The number of oxazole rings is 1. The van der Waals surface area contributed by atoms with Gasteiger partial charge in [-0.2, -0.15) is 47.9 Å². The molecule has 2 aromatic rings. The van der Waals surface area contributed by atoms with Gasteiger partial charge >= 0.3 is 16.4 Å². The molecule has 12 nitrogen and oxygen atoms in total. The van der Waals surface area contributed by atoms with Crippen LogP contribution in [0.4, 0.5) is 24.9 Å². The molecule has 0 aliphatic carbocycles. The number of carbonyl (C=O) groups is 1. The second-order valence-electron chi connectivity index (χ2n) is 8.07. The molecule has 0 radical (unpaired) electrons. The Morgan fingerprint density at radius 2 is 1.72 bits per heavy atom. The zero-order valence-electron chi connectivity index (χ0n) is 19.5. The Balaban J connectivity index is 1.68. The van der Waals surface area contributed by atoms with Crippen molar-refractivity contribution in [2.24, 2.45) is 0 Å². The third kappa shape index (κ3) is 6.33. The van der Waals surface area contributed by atoms with Crippen LogP contribution in [0.25, 0.3) is 0 Å². The highest BCUT2D eigenvalue weighted by atomic mass is 32.2. The number of amides is 1. The fraction of sp³-hybridized carbons (Fsp3) is 0.474. The van der Waals surface area contributed by atoms with Crippen LogP contribution in [0.3, 0.4) is 0 Å². The van der Waals surface area contributed by atoms with Gasteiger partial charge in [-0.3, -0.25) is 4.79 Å². The molecule has 36 heavy (non-hydrogen) atoms. The first-order valence-corrected chi connectivity index (χ1v) is 13.3. The van der Waals surface area contributed by atoms with Crippen molar-refractivity contribution in [3.63, 3.8) is 0 Å². The van der Waals surface area contributed by atoms with Gasteiger partial charge in [0.1, 0.15) is 6.26 Å². The van der Waals surface area contributed by atoms with Crippen LogP contribution in [0.2, 0.25) is 0 Å². The van der Waals surface area contributed by atoms with Crippen LogP contribution < -0.4 is 10.0 Å². The summed E-state index contributed by atoms with van der Waals surface area (Å²) < 4.78 is 99.1. The quantitative estimate of drug-likeness (QED) is 0.524. The number of hydrogen-bond acceptors (Lipinski definition) is 8. The number of aryl methyl sites for hydroxylation is 1. The fourth-order valence-corrected chi connectivity index (χ4v) is 5.58. The lowest BCUT2D eigenvalue weighted by molar-refractivity contribution is -0.137. The van der Waals surface area contributed by atoms with E-state index in [1.807, 2.05) is 4.72 Å². The van der Waals surface area contributed by atoms with E-state index in [9.17, 15) is 34.8 Å². The number of benzene rings is 1. The van der Waals surface area contributed by atoms with Crippen molar-refractivity contribution in [1.29, 1.82) is 0 Å². The van der Waals surface area contributed by atoms with Crippen LogP contribution >= 0.6 is 0 Å². The molecule has 1 aliphatic heterocycles. The van der Waals surface area contributed by atoms with Gasteiger partial charge in [-0.15, -0.1) is 0 Å². The second-order valence-corrected chi connectivity index (χ2v) is 11.9. The number of alkyl halides is 3. The maximum absolute atomic E-state index is 13.0. The Labute approximate surface area is 206 Å². The molecule has 0 saturated carbocycles. The minimum Gasteiger partial charge on any atom is -0.431 e. The molecule has 17 heteroatoms. The number of nitrogens with one attached hydrogen (secondary N) is 2. The first kappa shape index (κ1) is 27.9. The van der Waals surface area contributed by atoms with Crippen molar-refractivity contribution >= 4 is 38.0 Å². The molecule has 1 saturated heterocycles. The predicted molar refractivity (Wildman–Crippen MR) is 123 cm³/mol. The molecule has 1 fully saturated rings. The van der Waals surface area contributed by atoms with Gasteiger partial charge in [0.25, 0.3) is 22.1 Å². The summed E-state index contributed by atoms with van der Waals surface area (Å²) in [6.07, 6.45) is -3.51. The monoisotopic (exact) mass is 554 g/mol. The lowest BCUT2D eigenvalue weighted by Crippen LogP contribution is -2.46. The summed E-state index contributed by atoms with van der Waals surface area (Å²) in [5.41, 5.74) is -0.854. The standard InChI is InChI=1S/C19H25F3N6O6S2/c1-13-5-6-14(19(20,21)22)11-15(13)23-18-24-16(12-34-18)17(29)25-35(30,31)27-7-4-8-28(10-9-27)36(32,33)26(2)3/h5-6,11-12H,4,7-10H2,1-3H3,(H,23,24)(H,25,29). The molecule has 1 aromatic heterocycles. The van der Waals surface area contributed by atoms with Gasteiger partial charge in [-0.1, -0.05) is 6.07 Å². The minimum absolute atomic E-state index is 0.0253. The highest BCUT2D eigenvalue weighted by Gasteiger charge is 2.33. The summed E-state index contributed by atoms with van der Waals surface area (Å²) in [6.45, 7) is 1.34. The summed E-state index contributed by atoms with van der Waals surface area (Å²) in [7, 11) is -5.35. The van der Waals surface area contributed by atoms with E-state index in [-0.39, 0.29) is 44.3 Å². The molecular formula is C19H25F3N6O6S2. The average molecular weight is 555 g/mol. The molecule has 0 bridgehead atoms. The van der Waals surface area contributed by atoms with Gasteiger partial charge in [0.2, 0.25) is 0 Å². The Morgan fingerprint density at radius 3 is 2.36 bits per heavy atom. The first-order chi connectivity index (χ1) is 16.6. The topological polar surface area (TPSA) is 145 Å². The van der Waals surface area contributed by atoms with E-state index in [4.69, 9.17) is 4.42 Å². The minimum atomic E-state index is -4.57. The van der Waals surface area contributed by atoms with E-state index in [2.05, 4.69) is 10.3 Å². The van der Waals surface area contributed by atoms with Gasteiger partial charge in [0, 0.05) is 46.0 Å². The maximum Gasteiger partial charge on any atom is 0.416 e. The molecule has 0 spiro atoms. The summed E-state index contributed by atoms with van der Waals surface area (Å²) in [5.74, 6) is -1.13. The van der Waals surface area contributed by atoms with Gasteiger partial charge in [0.05, 0.1) is 5.56 Å². The molecule has 0 atom stereocenters. The predicted octanol–water partition coefficient (Wildman–Crippen LogP) is 1.53. The lowest BCUT2D eigenvalue weighted by Gasteiger charge is -2.24. The molecule has 200 valence electrons. The summed E-state index contributed by atoms with van der Waals surface area (Å²) in [5, 5.41) is 2.54. The Hall–Kier alpha value is -2.73. The van der Waals surface area contributed by atoms with E-state index in [0.717, 1.165) is 31.3 Å². The largest absolute Gasteiger partial charge is 0.431 e. The van der Waals surface area contributed by atoms with Crippen molar-refractivity contribution in [3.05, 3.63) is 41.3 Å². The van der Waals surface area contributed by atoms with Gasteiger partial charge in [-0.25, -0.2) is 4.72 Å². The molecule has 1 amide bonds. The van der Waals surface area contributed by atoms with Crippen LogP contribution in [0.5, 0.6) is 0 Å². The normalized spacial score (nSPS) is 16.6. The number of rotatable bonds is 7. The summed E-state index contributed by atoms with van der Waals surface area (Å²) in [4.78, 5) is 16.3. The molecular weight excluding hydrogens is 529 g/mol. The summed E-state index contributed by atoms with van der Waals surface area (Å²) in [6, 6.07) is 2.69. The zero-order chi connectivity index (χ0) is 26.9. The van der Waals surface area contributed by atoms with Crippen molar-refractivity contribution in [3.8, 4) is 0 Å². The smallest absolute Gasteiger partial charge is 0.416 e. The van der Waals surface area contributed by atoms with Crippen LogP contribution in [0.1, 0.15) is 28.0 Å². The fourth-order valence-electron chi connectivity index (χ4n) is 3.29. The maximum atomic E-state index is 13.0. The van der Waals surface area contributed by atoms with Crippen LogP contribution in [-0.2, 0) is 26.6 Å².